The van der Waals surface area contributed by atoms with E-state index in [0.717, 1.165) is 39.7 Å². The molecule has 29 heavy (non-hydrogen) atoms. The smallest absolute Gasteiger partial charge is 0.247 e. The van der Waals surface area contributed by atoms with Crippen molar-refractivity contribution in [1.82, 2.24) is 10.5 Å². The fourth-order valence-corrected chi connectivity index (χ4v) is 4.12. The van der Waals surface area contributed by atoms with Crippen LogP contribution < -0.4 is 16.0 Å². The number of carbonyl (C=O) groups excluding carboxylic acids is 2. The first kappa shape index (κ1) is 19.3. The molecule has 1 atom stereocenters. The van der Waals surface area contributed by atoms with Crippen LogP contribution in [0.15, 0.2) is 46.0 Å². The van der Waals surface area contributed by atoms with Gasteiger partial charge in [0.1, 0.15) is 11.8 Å². The highest BCUT2D eigenvalue weighted by atomic mass is 32.2. The molecule has 0 bridgehead atoms. The standard InChI is InChI=1S/C21H22N4O3S/c1-12-20(13(2)28-25-12)14-5-6-16(22-15-4-3-9-29-11-15)18(10-14)24-21(27)17-7-8-19(26)23-17/h3-6,9-10,17,22H,7-8,11H2,1-2H3,(H,23,26)(H,24,27)/t17-/m0/s1. The lowest BCUT2D eigenvalue weighted by atomic mass is 10.0. The molecule has 3 heterocycles. The molecule has 1 aromatic carbocycles. The number of aromatic nitrogens is 1. The van der Waals surface area contributed by atoms with E-state index in [2.05, 4.69) is 21.1 Å². The summed E-state index contributed by atoms with van der Waals surface area (Å²) in [6, 6.07) is 5.32. The number of nitrogens with one attached hydrogen (secondary N) is 3. The number of allylic oxidation sites excluding steroid dienone is 2. The maximum Gasteiger partial charge on any atom is 0.247 e. The van der Waals surface area contributed by atoms with Gasteiger partial charge in [0.25, 0.3) is 0 Å². The Labute approximate surface area is 173 Å². The van der Waals surface area contributed by atoms with Gasteiger partial charge in [-0.2, -0.15) is 0 Å². The van der Waals surface area contributed by atoms with Gasteiger partial charge in [-0.05, 0) is 49.4 Å². The van der Waals surface area contributed by atoms with Crippen molar-refractivity contribution in [2.75, 3.05) is 16.4 Å². The number of amides is 2. The molecular weight excluding hydrogens is 388 g/mol. The van der Waals surface area contributed by atoms with Crippen molar-refractivity contribution >= 4 is 35.0 Å². The largest absolute Gasteiger partial charge is 0.361 e. The summed E-state index contributed by atoms with van der Waals surface area (Å²) >= 11 is 1.70. The fraction of sp³-hybridized carbons (Fsp3) is 0.286. The number of aryl methyl sites for hydroxylation is 2. The van der Waals surface area contributed by atoms with Gasteiger partial charge < -0.3 is 20.5 Å². The van der Waals surface area contributed by atoms with E-state index in [4.69, 9.17) is 4.52 Å². The molecule has 3 N–H and O–H groups in total. The Morgan fingerprint density at radius 3 is 2.83 bits per heavy atom. The van der Waals surface area contributed by atoms with Crippen LogP contribution in [0.5, 0.6) is 0 Å². The van der Waals surface area contributed by atoms with Crippen LogP contribution in [-0.2, 0) is 9.59 Å². The van der Waals surface area contributed by atoms with E-state index in [9.17, 15) is 9.59 Å². The van der Waals surface area contributed by atoms with E-state index >= 15 is 0 Å². The molecule has 1 saturated heterocycles. The molecule has 1 fully saturated rings. The monoisotopic (exact) mass is 410 g/mol. The molecule has 2 aliphatic heterocycles. The molecule has 150 valence electrons. The third kappa shape index (κ3) is 4.22. The van der Waals surface area contributed by atoms with E-state index in [-0.39, 0.29) is 11.8 Å². The van der Waals surface area contributed by atoms with Gasteiger partial charge in [0, 0.05) is 23.4 Å². The molecule has 4 rings (SSSR count). The highest BCUT2D eigenvalue weighted by Crippen LogP contribution is 2.34. The van der Waals surface area contributed by atoms with Crippen LogP contribution >= 0.6 is 11.8 Å². The minimum atomic E-state index is -0.509. The van der Waals surface area contributed by atoms with Crippen LogP contribution in [0.1, 0.15) is 24.3 Å². The molecule has 2 aromatic rings. The van der Waals surface area contributed by atoms with E-state index in [0.29, 0.717) is 18.5 Å². The number of hydrogen-bond donors (Lipinski definition) is 3. The van der Waals surface area contributed by atoms with Crippen LogP contribution in [0.3, 0.4) is 0 Å². The SMILES string of the molecule is Cc1noc(C)c1-c1ccc(NC2=CC=CSC2)c(NC(=O)[C@@H]2CCC(=O)N2)c1. The molecule has 1 aromatic heterocycles. The van der Waals surface area contributed by atoms with Crippen LogP contribution in [-0.4, -0.2) is 28.8 Å². The number of hydrogen-bond acceptors (Lipinski definition) is 6. The van der Waals surface area contributed by atoms with E-state index in [1.165, 1.54) is 0 Å². The summed E-state index contributed by atoms with van der Waals surface area (Å²) in [5, 5.41) is 15.2. The molecule has 2 aliphatic rings. The molecule has 0 unspecified atom stereocenters. The van der Waals surface area contributed by atoms with Gasteiger partial charge >= 0.3 is 0 Å². The first-order valence-corrected chi connectivity index (χ1v) is 10.5. The van der Waals surface area contributed by atoms with Crippen LogP contribution in [0.4, 0.5) is 11.4 Å². The summed E-state index contributed by atoms with van der Waals surface area (Å²) < 4.78 is 5.30. The van der Waals surface area contributed by atoms with Gasteiger partial charge in [-0.15, -0.1) is 11.8 Å². The van der Waals surface area contributed by atoms with Crippen LogP contribution in [0, 0.1) is 13.8 Å². The quantitative estimate of drug-likeness (QED) is 0.695. The average molecular weight is 410 g/mol. The summed E-state index contributed by atoms with van der Waals surface area (Å²) in [4.78, 5) is 24.2. The van der Waals surface area contributed by atoms with Gasteiger partial charge in [0.15, 0.2) is 0 Å². The zero-order valence-electron chi connectivity index (χ0n) is 16.2. The van der Waals surface area contributed by atoms with Crippen molar-refractivity contribution in [3.8, 4) is 11.1 Å². The van der Waals surface area contributed by atoms with Crippen molar-refractivity contribution in [2.24, 2.45) is 0 Å². The first-order chi connectivity index (χ1) is 14.0. The van der Waals surface area contributed by atoms with E-state index in [1.54, 1.807) is 11.8 Å². The number of rotatable bonds is 5. The number of thioether (sulfide) groups is 1. The van der Waals surface area contributed by atoms with Gasteiger partial charge in [-0.1, -0.05) is 17.3 Å². The van der Waals surface area contributed by atoms with Gasteiger partial charge in [0.05, 0.1) is 17.1 Å². The maximum atomic E-state index is 12.7. The Balaban J connectivity index is 1.66. The number of anilines is 2. The molecular formula is C21H22N4O3S. The number of nitrogens with zero attached hydrogens (tertiary/aromatic N) is 1. The molecule has 7 nitrogen and oxygen atoms in total. The Bertz CT molecular complexity index is 1010. The van der Waals surface area contributed by atoms with Gasteiger partial charge in [-0.25, -0.2) is 0 Å². The van der Waals surface area contributed by atoms with E-state index < -0.39 is 6.04 Å². The fourth-order valence-electron chi connectivity index (χ4n) is 3.49. The second kappa shape index (κ2) is 8.16. The van der Waals surface area contributed by atoms with Crippen molar-refractivity contribution in [3.63, 3.8) is 0 Å². The lowest BCUT2D eigenvalue weighted by molar-refractivity contribution is -0.122. The third-order valence-corrected chi connectivity index (χ3v) is 5.74. The summed E-state index contributed by atoms with van der Waals surface area (Å²) in [5.74, 6) is 1.24. The first-order valence-electron chi connectivity index (χ1n) is 9.43. The molecule has 0 radical (unpaired) electrons. The Kier molecular flexibility index (Phi) is 5.44. The Morgan fingerprint density at radius 1 is 1.31 bits per heavy atom. The molecule has 0 spiro atoms. The highest BCUT2D eigenvalue weighted by molar-refractivity contribution is 8.02. The maximum absolute atomic E-state index is 12.7. The summed E-state index contributed by atoms with van der Waals surface area (Å²) in [7, 11) is 0. The predicted molar refractivity (Wildman–Crippen MR) is 115 cm³/mol. The third-order valence-electron chi connectivity index (χ3n) is 4.92. The molecule has 2 amide bonds. The summed E-state index contributed by atoms with van der Waals surface area (Å²) in [6.45, 7) is 3.75. The molecule has 0 saturated carbocycles. The summed E-state index contributed by atoms with van der Waals surface area (Å²) in [5.41, 5.74) is 5.10. The Morgan fingerprint density at radius 2 is 2.17 bits per heavy atom. The zero-order chi connectivity index (χ0) is 20.4. The minimum Gasteiger partial charge on any atom is -0.361 e. The van der Waals surface area contributed by atoms with Crippen molar-refractivity contribution in [2.45, 2.75) is 32.7 Å². The lowest BCUT2D eigenvalue weighted by Gasteiger charge is -2.19. The van der Waals surface area contributed by atoms with Crippen molar-refractivity contribution in [3.05, 3.63) is 52.9 Å². The van der Waals surface area contributed by atoms with Gasteiger partial charge in [0.2, 0.25) is 11.8 Å². The zero-order valence-corrected chi connectivity index (χ0v) is 17.1. The van der Waals surface area contributed by atoms with Crippen molar-refractivity contribution < 1.29 is 14.1 Å². The van der Waals surface area contributed by atoms with Crippen LogP contribution in [0.25, 0.3) is 11.1 Å². The Hall–Kier alpha value is -3.00. The minimum absolute atomic E-state index is 0.0934. The van der Waals surface area contributed by atoms with E-state index in [1.807, 2.05) is 49.6 Å². The highest BCUT2D eigenvalue weighted by Gasteiger charge is 2.28. The number of benzene rings is 1. The normalized spacial score (nSPS) is 18.3. The average Bonchev–Trinajstić information content (AvgIpc) is 3.29. The number of carbonyl (C=O) groups is 2. The second-order valence-corrected chi connectivity index (χ2v) is 7.96. The van der Waals surface area contributed by atoms with Crippen molar-refractivity contribution in [1.29, 1.82) is 0 Å². The second-order valence-electron chi connectivity index (χ2n) is 7.06. The lowest BCUT2D eigenvalue weighted by Crippen LogP contribution is -2.37. The molecule has 8 heteroatoms. The van der Waals surface area contributed by atoms with Gasteiger partial charge in [-0.3, -0.25) is 9.59 Å². The topological polar surface area (TPSA) is 96.3 Å². The molecule has 0 aliphatic carbocycles. The van der Waals surface area contributed by atoms with Crippen LogP contribution in [0.2, 0.25) is 0 Å². The predicted octanol–water partition coefficient (Wildman–Crippen LogP) is 3.73. The summed E-state index contributed by atoms with van der Waals surface area (Å²) in [6.07, 6.45) is 4.88.